The molecule has 1 unspecified atom stereocenters. The molecule has 1 aromatic rings. The van der Waals surface area contributed by atoms with Gasteiger partial charge in [-0.1, -0.05) is 36.3 Å². The first kappa shape index (κ1) is 10.8. The topological polar surface area (TPSA) is 29.5 Å². The van der Waals surface area contributed by atoms with E-state index in [1.54, 1.807) is 0 Å². The summed E-state index contributed by atoms with van der Waals surface area (Å²) in [5.74, 6) is 2.42. The van der Waals surface area contributed by atoms with Crippen molar-refractivity contribution in [2.75, 3.05) is 13.2 Å². The van der Waals surface area contributed by atoms with E-state index in [1.165, 1.54) is 0 Å². The molecule has 1 aromatic carbocycles. The van der Waals surface area contributed by atoms with Crippen molar-refractivity contribution in [2.24, 2.45) is 0 Å². The average Bonchev–Trinajstić information content (AvgIpc) is 2.25. The number of ether oxygens (including phenoxy) is 1. The van der Waals surface area contributed by atoms with Crippen LogP contribution < -0.4 is 0 Å². The lowest BCUT2D eigenvalue weighted by Gasteiger charge is -2.15. The largest absolute Gasteiger partial charge is 0.396 e. The van der Waals surface area contributed by atoms with Crippen LogP contribution in [0, 0.1) is 12.3 Å². The molecule has 1 atom stereocenters. The Morgan fingerprint density at radius 3 is 2.64 bits per heavy atom. The Kier molecular flexibility index (Phi) is 4.77. The van der Waals surface area contributed by atoms with E-state index in [1.807, 2.05) is 30.3 Å². The highest BCUT2D eigenvalue weighted by atomic mass is 16.5. The highest BCUT2D eigenvalue weighted by molar-refractivity contribution is 5.17. The fourth-order valence-electron chi connectivity index (χ4n) is 1.28. The molecule has 0 bridgehead atoms. The van der Waals surface area contributed by atoms with Crippen molar-refractivity contribution in [1.82, 2.24) is 0 Å². The summed E-state index contributed by atoms with van der Waals surface area (Å²) in [4.78, 5) is 0. The van der Waals surface area contributed by atoms with Crippen molar-refractivity contribution in [2.45, 2.75) is 12.5 Å². The lowest BCUT2D eigenvalue weighted by atomic mass is 10.1. The fourth-order valence-corrected chi connectivity index (χ4v) is 1.28. The summed E-state index contributed by atoms with van der Waals surface area (Å²) in [5, 5.41) is 8.87. The van der Waals surface area contributed by atoms with E-state index >= 15 is 0 Å². The highest BCUT2D eigenvalue weighted by Gasteiger charge is 2.09. The van der Waals surface area contributed by atoms with Crippen LogP contribution in [0.15, 0.2) is 30.3 Å². The molecule has 0 saturated heterocycles. The first-order valence-electron chi connectivity index (χ1n) is 4.59. The van der Waals surface area contributed by atoms with Gasteiger partial charge in [0, 0.05) is 13.0 Å². The Labute approximate surface area is 84.5 Å². The molecule has 0 aliphatic heterocycles. The maximum absolute atomic E-state index is 8.87. The van der Waals surface area contributed by atoms with Crippen molar-refractivity contribution in [1.29, 1.82) is 0 Å². The number of hydrogen-bond donors (Lipinski definition) is 1. The lowest BCUT2D eigenvalue weighted by molar-refractivity contribution is 0.0563. The summed E-state index contributed by atoms with van der Waals surface area (Å²) in [6.45, 7) is 0.379. The first-order chi connectivity index (χ1) is 6.88. The SMILES string of the molecule is C#CCOC(CCO)c1ccccc1. The standard InChI is InChI=1S/C12H14O2/c1-2-10-14-12(8-9-13)11-6-4-3-5-7-11/h1,3-7,12-13H,8-10H2. The van der Waals surface area contributed by atoms with Crippen LogP contribution in [-0.2, 0) is 4.74 Å². The van der Waals surface area contributed by atoms with E-state index in [0.717, 1.165) is 5.56 Å². The zero-order valence-corrected chi connectivity index (χ0v) is 8.02. The Bertz CT molecular complexity index is 287. The minimum Gasteiger partial charge on any atom is -0.396 e. The third-order valence-corrected chi connectivity index (χ3v) is 1.93. The van der Waals surface area contributed by atoms with Gasteiger partial charge in [0.15, 0.2) is 0 Å². The van der Waals surface area contributed by atoms with Crippen molar-refractivity contribution in [3.63, 3.8) is 0 Å². The molecule has 0 fully saturated rings. The van der Waals surface area contributed by atoms with Crippen LogP contribution in [-0.4, -0.2) is 18.3 Å². The van der Waals surface area contributed by atoms with E-state index in [0.29, 0.717) is 6.42 Å². The molecule has 0 spiro atoms. The molecular formula is C12H14O2. The smallest absolute Gasteiger partial charge is 0.108 e. The van der Waals surface area contributed by atoms with E-state index < -0.39 is 0 Å². The van der Waals surface area contributed by atoms with Crippen LogP contribution in [0.2, 0.25) is 0 Å². The van der Waals surface area contributed by atoms with E-state index in [4.69, 9.17) is 16.3 Å². The molecule has 0 aliphatic rings. The van der Waals surface area contributed by atoms with Gasteiger partial charge in [0.05, 0.1) is 6.10 Å². The van der Waals surface area contributed by atoms with Gasteiger partial charge < -0.3 is 9.84 Å². The Balaban J connectivity index is 2.63. The molecule has 0 radical (unpaired) electrons. The van der Waals surface area contributed by atoms with Crippen molar-refractivity contribution in [3.05, 3.63) is 35.9 Å². The third kappa shape index (κ3) is 3.21. The van der Waals surface area contributed by atoms with Gasteiger partial charge in [-0.25, -0.2) is 0 Å². The van der Waals surface area contributed by atoms with E-state index in [-0.39, 0.29) is 19.3 Å². The number of aliphatic hydroxyl groups is 1. The molecular weight excluding hydrogens is 176 g/mol. The second-order valence-electron chi connectivity index (χ2n) is 2.93. The second-order valence-corrected chi connectivity index (χ2v) is 2.93. The molecule has 0 aliphatic carbocycles. The normalized spacial score (nSPS) is 12.0. The van der Waals surface area contributed by atoms with Crippen LogP contribution in [0.25, 0.3) is 0 Å². The molecule has 2 nitrogen and oxygen atoms in total. The molecule has 0 amide bonds. The Morgan fingerprint density at radius 1 is 1.36 bits per heavy atom. The maximum Gasteiger partial charge on any atom is 0.108 e. The van der Waals surface area contributed by atoms with Crippen LogP contribution in [0.3, 0.4) is 0 Å². The molecule has 14 heavy (non-hydrogen) atoms. The average molecular weight is 190 g/mol. The lowest BCUT2D eigenvalue weighted by Crippen LogP contribution is -2.06. The molecule has 1 N–H and O–H groups in total. The number of hydrogen-bond acceptors (Lipinski definition) is 2. The van der Waals surface area contributed by atoms with E-state index in [9.17, 15) is 0 Å². The summed E-state index contributed by atoms with van der Waals surface area (Å²) in [7, 11) is 0. The molecule has 74 valence electrons. The fraction of sp³-hybridized carbons (Fsp3) is 0.333. The van der Waals surface area contributed by atoms with Gasteiger partial charge in [0.2, 0.25) is 0 Å². The Hall–Kier alpha value is -1.30. The highest BCUT2D eigenvalue weighted by Crippen LogP contribution is 2.19. The minimum atomic E-state index is -0.0998. The van der Waals surface area contributed by atoms with Crippen molar-refractivity contribution >= 4 is 0 Å². The summed E-state index contributed by atoms with van der Waals surface area (Å²) < 4.78 is 5.42. The second kappa shape index (κ2) is 6.20. The Morgan fingerprint density at radius 2 is 2.07 bits per heavy atom. The summed E-state index contributed by atoms with van der Waals surface area (Å²) in [6.07, 6.45) is 5.59. The first-order valence-corrected chi connectivity index (χ1v) is 4.59. The number of terminal acetylenes is 1. The molecule has 2 heteroatoms. The predicted octanol–water partition coefficient (Wildman–Crippen LogP) is 1.76. The van der Waals surface area contributed by atoms with Gasteiger partial charge in [-0.05, 0) is 5.56 Å². The molecule has 0 aromatic heterocycles. The number of aliphatic hydroxyl groups excluding tert-OH is 1. The van der Waals surface area contributed by atoms with Crippen LogP contribution >= 0.6 is 0 Å². The van der Waals surface area contributed by atoms with Crippen LogP contribution in [0.1, 0.15) is 18.1 Å². The van der Waals surface area contributed by atoms with Gasteiger partial charge >= 0.3 is 0 Å². The zero-order chi connectivity index (χ0) is 10.2. The summed E-state index contributed by atoms with van der Waals surface area (Å²) in [6, 6.07) is 9.77. The predicted molar refractivity (Wildman–Crippen MR) is 55.7 cm³/mol. The van der Waals surface area contributed by atoms with E-state index in [2.05, 4.69) is 5.92 Å². The minimum absolute atomic E-state index is 0.0998. The van der Waals surface area contributed by atoms with Gasteiger partial charge in [-0.15, -0.1) is 6.42 Å². The van der Waals surface area contributed by atoms with Crippen molar-refractivity contribution < 1.29 is 9.84 Å². The summed E-state index contributed by atoms with van der Waals surface area (Å²) >= 11 is 0. The summed E-state index contributed by atoms with van der Waals surface area (Å²) in [5.41, 5.74) is 1.05. The molecule has 0 saturated carbocycles. The molecule has 0 heterocycles. The van der Waals surface area contributed by atoms with Gasteiger partial charge in [0.1, 0.15) is 6.61 Å². The van der Waals surface area contributed by atoms with Gasteiger partial charge in [-0.3, -0.25) is 0 Å². The van der Waals surface area contributed by atoms with Gasteiger partial charge in [0.25, 0.3) is 0 Å². The number of rotatable bonds is 5. The maximum atomic E-state index is 8.87. The number of benzene rings is 1. The monoisotopic (exact) mass is 190 g/mol. The van der Waals surface area contributed by atoms with Crippen LogP contribution in [0.4, 0.5) is 0 Å². The molecule has 1 rings (SSSR count). The third-order valence-electron chi connectivity index (χ3n) is 1.93. The van der Waals surface area contributed by atoms with Crippen LogP contribution in [0.5, 0.6) is 0 Å². The van der Waals surface area contributed by atoms with Gasteiger partial charge in [-0.2, -0.15) is 0 Å². The quantitative estimate of drug-likeness (QED) is 0.717. The van der Waals surface area contributed by atoms with Crippen molar-refractivity contribution in [3.8, 4) is 12.3 Å². The zero-order valence-electron chi connectivity index (χ0n) is 8.02.